The number of imide groups is 1. The number of aromatic amines is 1. The molecular weight excluding hydrogens is 510 g/mol. The van der Waals surface area contributed by atoms with Gasteiger partial charge in [-0.2, -0.15) is 0 Å². The van der Waals surface area contributed by atoms with Crippen LogP contribution in [0.1, 0.15) is 35.6 Å². The number of piperidine rings is 1. The van der Waals surface area contributed by atoms with Crippen LogP contribution in [0.15, 0.2) is 64.4 Å². The molecule has 10 heteroatoms. The number of para-hydroxylation sites is 1. The van der Waals surface area contributed by atoms with Crippen molar-refractivity contribution >= 4 is 46.5 Å². The number of anilines is 1. The molecule has 6 rings (SSSR count). The number of H-pyrrole nitrogens is 1. The third kappa shape index (κ3) is 4.38. The predicted molar refractivity (Wildman–Crippen MR) is 141 cm³/mol. The average molecular weight is 536 g/mol. The first-order valence-electron chi connectivity index (χ1n) is 12.3. The summed E-state index contributed by atoms with van der Waals surface area (Å²) >= 11 is 2.34. The normalized spacial score (nSPS) is 23.1. The molecule has 0 saturated carbocycles. The van der Waals surface area contributed by atoms with Crippen molar-refractivity contribution in [2.45, 2.75) is 35.5 Å². The molecule has 4 heterocycles. The number of hydrogen-bond acceptors (Lipinski definition) is 7. The zero-order valence-corrected chi connectivity index (χ0v) is 21.6. The minimum Gasteiger partial charge on any atom is -0.484 e. The minimum atomic E-state index is -0.635. The van der Waals surface area contributed by atoms with Crippen LogP contribution >= 0.6 is 23.1 Å². The Labute approximate surface area is 221 Å². The Morgan fingerprint density at radius 2 is 1.68 bits per heavy atom. The molecule has 3 aliphatic rings. The minimum absolute atomic E-state index is 0.0197. The van der Waals surface area contributed by atoms with Crippen LogP contribution in [0.5, 0.6) is 5.75 Å². The topological polar surface area (TPSA) is 99.8 Å². The van der Waals surface area contributed by atoms with Gasteiger partial charge in [-0.25, -0.2) is 4.90 Å². The second-order valence-electron chi connectivity index (χ2n) is 9.40. The maximum atomic E-state index is 13.7. The van der Waals surface area contributed by atoms with Gasteiger partial charge in [-0.05, 0) is 49.1 Å². The number of rotatable bonds is 5. The fraction of sp³-hybridized carbons (Fsp3) is 0.333. The molecule has 0 spiro atoms. The number of thiazole rings is 1. The van der Waals surface area contributed by atoms with E-state index in [1.165, 1.54) is 16.7 Å². The predicted octanol–water partition coefficient (Wildman–Crippen LogP) is 3.62. The van der Waals surface area contributed by atoms with Crippen LogP contribution < -0.4 is 14.5 Å². The molecule has 2 fully saturated rings. The van der Waals surface area contributed by atoms with E-state index in [4.69, 9.17) is 4.74 Å². The molecule has 0 unspecified atom stereocenters. The van der Waals surface area contributed by atoms with Gasteiger partial charge in [0.25, 0.3) is 5.91 Å². The van der Waals surface area contributed by atoms with Crippen LogP contribution in [0.2, 0.25) is 0 Å². The van der Waals surface area contributed by atoms with E-state index in [1.54, 1.807) is 36.4 Å². The van der Waals surface area contributed by atoms with Gasteiger partial charge in [0, 0.05) is 23.9 Å². The standard InChI is InChI=1S/C27H25N3O5S2/c31-19(29-13-5-2-6-14-29)15-35-18-11-9-16(10-12-18)20-21-23(36-24-22(20)37-27(34)28-24)26(33)30(25(21)32)17-7-3-1-4-8-17/h1,3-4,7-12,20-21,23H,2,5-6,13-15H2,(H,28,34)/t20-,21-,23+/m0/s1. The number of carbonyl (C=O) groups is 3. The van der Waals surface area contributed by atoms with Crippen molar-refractivity contribution in [1.29, 1.82) is 0 Å². The van der Waals surface area contributed by atoms with Crippen molar-refractivity contribution in [3.63, 3.8) is 0 Å². The molecule has 0 radical (unpaired) electrons. The van der Waals surface area contributed by atoms with E-state index in [0.717, 1.165) is 54.1 Å². The second-order valence-corrected chi connectivity index (χ2v) is 11.6. The Hall–Kier alpha value is -3.37. The highest BCUT2D eigenvalue weighted by atomic mass is 32.2. The molecule has 3 aliphatic heterocycles. The van der Waals surface area contributed by atoms with Crippen LogP contribution in [0, 0.1) is 5.92 Å². The first kappa shape index (κ1) is 24.0. The van der Waals surface area contributed by atoms with Crippen molar-refractivity contribution in [3.8, 4) is 5.75 Å². The zero-order chi connectivity index (χ0) is 25.5. The first-order valence-corrected chi connectivity index (χ1v) is 14.0. The number of likely N-dealkylation sites (tertiary alicyclic amines) is 1. The summed E-state index contributed by atoms with van der Waals surface area (Å²) in [6.45, 7) is 1.53. The number of carbonyl (C=O) groups excluding carboxylic acids is 3. The number of fused-ring (bicyclic) bond motifs is 2. The number of thioether (sulfide) groups is 1. The lowest BCUT2D eigenvalue weighted by atomic mass is 9.83. The summed E-state index contributed by atoms with van der Waals surface area (Å²) in [6, 6.07) is 16.2. The Morgan fingerprint density at radius 1 is 0.946 bits per heavy atom. The fourth-order valence-electron chi connectivity index (χ4n) is 5.36. The van der Waals surface area contributed by atoms with Gasteiger partial charge in [0.15, 0.2) is 6.61 Å². The van der Waals surface area contributed by atoms with E-state index in [-0.39, 0.29) is 29.2 Å². The molecule has 3 atom stereocenters. The summed E-state index contributed by atoms with van der Waals surface area (Å²) in [7, 11) is 0. The highest BCUT2D eigenvalue weighted by Gasteiger charge is 2.56. The molecule has 0 aliphatic carbocycles. The molecule has 1 N–H and O–H groups in total. The van der Waals surface area contributed by atoms with Gasteiger partial charge in [-0.3, -0.25) is 19.2 Å². The van der Waals surface area contributed by atoms with Gasteiger partial charge in [-0.15, -0.1) is 0 Å². The van der Waals surface area contributed by atoms with Crippen molar-refractivity contribution < 1.29 is 19.1 Å². The van der Waals surface area contributed by atoms with E-state index in [9.17, 15) is 19.2 Å². The highest BCUT2D eigenvalue weighted by Crippen LogP contribution is 2.53. The van der Waals surface area contributed by atoms with E-state index in [2.05, 4.69) is 4.98 Å². The van der Waals surface area contributed by atoms with Gasteiger partial charge < -0.3 is 14.6 Å². The van der Waals surface area contributed by atoms with Crippen molar-refractivity contribution in [3.05, 3.63) is 74.7 Å². The second kappa shape index (κ2) is 9.83. The van der Waals surface area contributed by atoms with Gasteiger partial charge in [0.1, 0.15) is 11.0 Å². The molecule has 0 bridgehead atoms. The lowest BCUT2D eigenvalue weighted by molar-refractivity contribution is -0.134. The number of hydrogen-bond donors (Lipinski definition) is 1. The average Bonchev–Trinajstić information content (AvgIpc) is 3.42. The number of amides is 3. The molecule has 2 aromatic carbocycles. The maximum absolute atomic E-state index is 13.7. The summed E-state index contributed by atoms with van der Waals surface area (Å²) in [5, 5.41) is 0.0123. The SMILES string of the molecule is O=C(COc1ccc([C@@H]2c3sc(=O)[nH]c3S[C@H]3C(=O)N(c4ccccc4)C(=O)[C@@H]23)cc1)N1CCCCC1. The first-order chi connectivity index (χ1) is 18.0. The smallest absolute Gasteiger partial charge is 0.305 e. The van der Waals surface area contributed by atoms with Crippen molar-refractivity contribution in [1.82, 2.24) is 9.88 Å². The number of aromatic nitrogens is 1. The number of ether oxygens (including phenoxy) is 1. The molecule has 3 amide bonds. The third-order valence-corrected chi connectivity index (χ3v) is 9.55. The molecule has 2 saturated heterocycles. The lowest BCUT2D eigenvalue weighted by Gasteiger charge is -2.30. The van der Waals surface area contributed by atoms with Gasteiger partial charge in [0.05, 0.1) is 16.6 Å². The zero-order valence-electron chi connectivity index (χ0n) is 19.9. The summed E-state index contributed by atoms with van der Waals surface area (Å²) in [5.74, 6) is -1.09. The fourth-order valence-corrected chi connectivity index (χ4v) is 7.87. The van der Waals surface area contributed by atoms with Crippen LogP contribution in [-0.2, 0) is 14.4 Å². The summed E-state index contributed by atoms with van der Waals surface area (Å²) in [5.41, 5.74) is 1.36. The molecule has 190 valence electrons. The van der Waals surface area contributed by atoms with Crippen LogP contribution in [-0.4, -0.2) is 52.6 Å². The Balaban J connectivity index is 1.27. The maximum Gasteiger partial charge on any atom is 0.305 e. The van der Waals surface area contributed by atoms with Crippen LogP contribution in [0.3, 0.4) is 0 Å². The molecule has 1 aromatic heterocycles. The summed E-state index contributed by atoms with van der Waals surface area (Å²) < 4.78 is 5.76. The van der Waals surface area contributed by atoms with Crippen molar-refractivity contribution in [2.24, 2.45) is 5.92 Å². The largest absolute Gasteiger partial charge is 0.484 e. The lowest BCUT2D eigenvalue weighted by Crippen LogP contribution is -2.38. The number of nitrogens with one attached hydrogen (secondary N) is 1. The molecular formula is C27H25N3O5S2. The van der Waals surface area contributed by atoms with Crippen LogP contribution in [0.25, 0.3) is 0 Å². The Bertz CT molecular complexity index is 1400. The van der Waals surface area contributed by atoms with E-state index in [0.29, 0.717) is 16.5 Å². The summed E-state index contributed by atoms with van der Waals surface area (Å²) in [6.07, 6.45) is 3.21. The van der Waals surface area contributed by atoms with Gasteiger partial charge in [-0.1, -0.05) is 53.4 Å². The Kier molecular flexibility index (Phi) is 6.37. The third-order valence-electron chi connectivity index (χ3n) is 7.15. The highest BCUT2D eigenvalue weighted by molar-refractivity contribution is 8.00. The van der Waals surface area contributed by atoms with E-state index in [1.807, 2.05) is 23.1 Å². The van der Waals surface area contributed by atoms with E-state index < -0.39 is 17.1 Å². The quantitative estimate of drug-likeness (QED) is 0.501. The Morgan fingerprint density at radius 3 is 2.41 bits per heavy atom. The van der Waals surface area contributed by atoms with Gasteiger partial charge in [0.2, 0.25) is 11.8 Å². The molecule has 8 nitrogen and oxygen atoms in total. The van der Waals surface area contributed by atoms with Gasteiger partial charge >= 0.3 is 4.87 Å². The van der Waals surface area contributed by atoms with Crippen molar-refractivity contribution in [2.75, 3.05) is 24.6 Å². The monoisotopic (exact) mass is 535 g/mol. The molecule has 3 aromatic rings. The molecule has 37 heavy (non-hydrogen) atoms. The number of nitrogens with zero attached hydrogens (tertiary/aromatic N) is 2. The van der Waals surface area contributed by atoms with E-state index >= 15 is 0 Å². The number of benzene rings is 2. The summed E-state index contributed by atoms with van der Waals surface area (Å²) in [4.78, 5) is 58.3. The van der Waals surface area contributed by atoms with Crippen LogP contribution in [0.4, 0.5) is 5.69 Å².